The summed E-state index contributed by atoms with van der Waals surface area (Å²) in [5, 5.41) is 0.0972. The fourth-order valence-electron chi connectivity index (χ4n) is 2.61. The molecule has 0 amide bonds. The molecule has 2 aromatic heterocycles. The number of aromatic nitrogens is 4. The smallest absolute Gasteiger partial charge is 0.322 e. The lowest BCUT2D eigenvalue weighted by atomic mass is 9.97. The molecule has 0 fully saturated rings. The van der Waals surface area contributed by atoms with Crippen LogP contribution in [0.2, 0.25) is 5.15 Å². The first kappa shape index (κ1) is 18.9. The van der Waals surface area contributed by atoms with Gasteiger partial charge in [-0.25, -0.2) is 4.98 Å². The SMILES string of the molecule is CCOC(=O)C(C(=O)OCC)C(CC)n1cnc2c(Cl)nc(N)nc21. The van der Waals surface area contributed by atoms with Crippen molar-refractivity contribution in [3.05, 3.63) is 11.5 Å². The van der Waals surface area contributed by atoms with Crippen molar-refractivity contribution >= 4 is 40.7 Å². The number of rotatable bonds is 7. The molecule has 2 aromatic rings. The van der Waals surface area contributed by atoms with Gasteiger partial charge in [-0.05, 0) is 20.3 Å². The molecule has 10 heteroatoms. The Morgan fingerprint density at radius 1 is 1.20 bits per heavy atom. The zero-order valence-electron chi connectivity index (χ0n) is 14.2. The van der Waals surface area contributed by atoms with E-state index in [2.05, 4.69) is 15.0 Å². The molecule has 0 aliphatic rings. The van der Waals surface area contributed by atoms with Gasteiger partial charge in [0.15, 0.2) is 16.7 Å². The molecule has 0 radical (unpaired) electrons. The van der Waals surface area contributed by atoms with Gasteiger partial charge >= 0.3 is 11.9 Å². The lowest BCUT2D eigenvalue weighted by Gasteiger charge is -2.24. The molecule has 0 saturated heterocycles. The monoisotopic (exact) mass is 369 g/mol. The highest BCUT2D eigenvalue weighted by Crippen LogP contribution is 2.30. The first-order valence-electron chi connectivity index (χ1n) is 7.93. The fourth-order valence-corrected chi connectivity index (χ4v) is 2.83. The summed E-state index contributed by atoms with van der Waals surface area (Å²) >= 11 is 6.04. The molecule has 1 unspecified atom stereocenters. The number of nitrogens with zero attached hydrogens (tertiary/aromatic N) is 4. The number of nitrogen functional groups attached to an aromatic ring is 1. The van der Waals surface area contributed by atoms with Crippen molar-refractivity contribution in [3.8, 4) is 0 Å². The van der Waals surface area contributed by atoms with E-state index in [1.807, 2.05) is 6.92 Å². The Hall–Kier alpha value is -2.42. The Labute approximate surface area is 149 Å². The lowest BCUT2D eigenvalue weighted by molar-refractivity contribution is -0.164. The number of hydrogen-bond donors (Lipinski definition) is 1. The number of nitrogens with two attached hydrogens (primary N) is 1. The molecule has 0 aliphatic carbocycles. The summed E-state index contributed by atoms with van der Waals surface area (Å²) in [6, 6.07) is -0.617. The quantitative estimate of drug-likeness (QED) is 0.445. The first-order valence-corrected chi connectivity index (χ1v) is 8.31. The number of carbonyl (C=O) groups is 2. The number of fused-ring (bicyclic) bond motifs is 1. The zero-order valence-corrected chi connectivity index (χ0v) is 15.0. The number of ether oxygens (including phenoxy) is 2. The van der Waals surface area contributed by atoms with Crippen LogP contribution < -0.4 is 5.73 Å². The Kier molecular flexibility index (Phi) is 6.13. The maximum Gasteiger partial charge on any atom is 0.322 e. The highest BCUT2D eigenvalue weighted by Gasteiger charge is 2.38. The molecular formula is C15H20ClN5O4. The molecule has 25 heavy (non-hydrogen) atoms. The van der Waals surface area contributed by atoms with Crippen LogP contribution in [-0.4, -0.2) is 44.7 Å². The third kappa shape index (κ3) is 3.81. The molecule has 0 bridgehead atoms. The largest absolute Gasteiger partial charge is 0.465 e. The van der Waals surface area contributed by atoms with E-state index in [1.165, 1.54) is 6.33 Å². The van der Waals surface area contributed by atoms with Gasteiger partial charge in [0.25, 0.3) is 0 Å². The van der Waals surface area contributed by atoms with E-state index in [9.17, 15) is 9.59 Å². The highest BCUT2D eigenvalue weighted by molar-refractivity contribution is 6.33. The van der Waals surface area contributed by atoms with Crippen LogP contribution in [0.1, 0.15) is 33.2 Å². The Morgan fingerprint density at radius 2 is 1.80 bits per heavy atom. The Balaban J connectivity index is 2.54. The van der Waals surface area contributed by atoms with Crippen LogP contribution in [0.4, 0.5) is 5.95 Å². The van der Waals surface area contributed by atoms with Gasteiger partial charge in [0.1, 0.15) is 5.52 Å². The molecule has 136 valence electrons. The summed E-state index contributed by atoms with van der Waals surface area (Å²) < 4.78 is 11.7. The van der Waals surface area contributed by atoms with E-state index in [4.69, 9.17) is 26.8 Å². The summed E-state index contributed by atoms with van der Waals surface area (Å²) in [7, 11) is 0. The van der Waals surface area contributed by atoms with Crippen LogP contribution in [0.3, 0.4) is 0 Å². The van der Waals surface area contributed by atoms with E-state index in [0.29, 0.717) is 17.6 Å². The number of esters is 2. The number of halogens is 1. The van der Waals surface area contributed by atoms with E-state index in [0.717, 1.165) is 0 Å². The minimum atomic E-state index is -1.16. The van der Waals surface area contributed by atoms with Crippen LogP contribution in [-0.2, 0) is 19.1 Å². The second-order valence-electron chi connectivity index (χ2n) is 5.15. The summed E-state index contributed by atoms with van der Waals surface area (Å²) in [5.74, 6) is -2.51. The normalized spacial score (nSPS) is 12.4. The van der Waals surface area contributed by atoms with Gasteiger partial charge in [0, 0.05) is 0 Å². The van der Waals surface area contributed by atoms with Gasteiger partial charge in [-0.2, -0.15) is 9.97 Å². The van der Waals surface area contributed by atoms with Gasteiger partial charge in [-0.1, -0.05) is 18.5 Å². The van der Waals surface area contributed by atoms with Gasteiger partial charge in [-0.3, -0.25) is 9.59 Å². The standard InChI is InChI=1S/C15H20ClN5O4/c1-4-8(9(13(22)24-5-2)14(23)25-6-3)21-7-18-10-11(16)19-15(17)20-12(10)21/h7-9H,4-6H2,1-3H3,(H2,17,19,20). The number of hydrogen-bond acceptors (Lipinski definition) is 8. The number of carbonyl (C=O) groups excluding carboxylic acids is 2. The Bertz CT molecular complexity index is 761. The number of anilines is 1. The van der Waals surface area contributed by atoms with Crippen LogP contribution in [0.25, 0.3) is 11.2 Å². The van der Waals surface area contributed by atoms with Crippen molar-refractivity contribution in [2.75, 3.05) is 18.9 Å². The minimum absolute atomic E-state index is 0.0297. The van der Waals surface area contributed by atoms with Gasteiger partial charge in [0.2, 0.25) is 5.95 Å². The predicted octanol–water partition coefficient (Wildman–Crippen LogP) is 1.76. The third-order valence-corrected chi connectivity index (χ3v) is 3.90. The van der Waals surface area contributed by atoms with Gasteiger partial charge in [-0.15, -0.1) is 0 Å². The average Bonchev–Trinajstić information content (AvgIpc) is 2.96. The maximum absolute atomic E-state index is 12.4. The van der Waals surface area contributed by atoms with Crippen molar-refractivity contribution in [2.45, 2.75) is 33.2 Å². The second-order valence-corrected chi connectivity index (χ2v) is 5.51. The van der Waals surface area contributed by atoms with E-state index in [-0.39, 0.29) is 24.3 Å². The molecule has 1 atom stereocenters. The van der Waals surface area contributed by atoms with Crippen LogP contribution in [0, 0.1) is 5.92 Å². The average molecular weight is 370 g/mol. The summed E-state index contributed by atoms with van der Waals surface area (Å²) in [6.45, 7) is 5.46. The van der Waals surface area contributed by atoms with Crippen molar-refractivity contribution in [2.24, 2.45) is 5.92 Å². The highest BCUT2D eigenvalue weighted by atomic mass is 35.5. The lowest BCUT2D eigenvalue weighted by Crippen LogP contribution is -2.35. The Morgan fingerprint density at radius 3 is 2.32 bits per heavy atom. The van der Waals surface area contributed by atoms with Crippen LogP contribution >= 0.6 is 11.6 Å². The second kappa shape index (κ2) is 8.11. The van der Waals surface area contributed by atoms with Crippen molar-refractivity contribution in [1.29, 1.82) is 0 Å². The molecule has 2 rings (SSSR count). The molecular weight excluding hydrogens is 350 g/mol. The zero-order chi connectivity index (χ0) is 18.6. The first-order chi connectivity index (χ1) is 11.9. The predicted molar refractivity (Wildman–Crippen MR) is 90.8 cm³/mol. The van der Waals surface area contributed by atoms with Crippen LogP contribution in [0.5, 0.6) is 0 Å². The molecule has 2 N–H and O–H groups in total. The van der Waals surface area contributed by atoms with E-state index in [1.54, 1.807) is 18.4 Å². The molecule has 0 spiro atoms. The summed E-state index contributed by atoms with van der Waals surface area (Å²) in [6.07, 6.45) is 1.87. The van der Waals surface area contributed by atoms with Crippen molar-refractivity contribution in [3.63, 3.8) is 0 Å². The van der Waals surface area contributed by atoms with Gasteiger partial charge in [0.05, 0.1) is 25.6 Å². The molecule has 9 nitrogen and oxygen atoms in total. The van der Waals surface area contributed by atoms with E-state index < -0.39 is 23.9 Å². The molecule has 0 aliphatic heterocycles. The van der Waals surface area contributed by atoms with Crippen LogP contribution in [0.15, 0.2) is 6.33 Å². The number of imidazole rings is 1. The maximum atomic E-state index is 12.4. The summed E-state index contributed by atoms with van der Waals surface area (Å²) in [4.78, 5) is 36.9. The van der Waals surface area contributed by atoms with Gasteiger partial charge < -0.3 is 19.8 Å². The third-order valence-electron chi connectivity index (χ3n) is 3.64. The molecule has 2 heterocycles. The minimum Gasteiger partial charge on any atom is -0.465 e. The van der Waals surface area contributed by atoms with Crippen molar-refractivity contribution in [1.82, 2.24) is 19.5 Å². The summed E-state index contributed by atoms with van der Waals surface area (Å²) in [5.41, 5.74) is 6.32. The molecule has 0 aromatic carbocycles. The van der Waals surface area contributed by atoms with Crippen molar-refractivity contribution < 1.29 is 19.1 Å². The fraction of sp³-hybridized carbons (Fsp3) is 0.533. The van der Waals surface area contributed by atoms with E-state index >= 15 is 0 Å². The molecule has 0 saturated carbocycles. The topological polar surface area (TPSA) is 122 Å².